The molecular formula is C21H34O. The predicted octanol–water partition coefficient (Wildman–Crippen LogP) is 6.85. The Morgan fingerprint density at radius 1 is 1.00 bits per heavy atom. The molecule has 0 aliphatic carbocycles. The lowest BCUT2D eigenvalue weighted by atomic mass is 9.94. The summed E-state index contributed by atoms with van der Waals surface area (Å²) >= 11 is 0. The molecule has 0 bridgehead atoms. The SMILES string of the molecule is CC=CCCCCCCCC(C)(CC)Oc1ccc(C)cc1. The maximum Gasteiger partial charge on any atom is 0.120 e. The second kappa shape index (κ2) is 10.5. The molecule has 0 radical (unpaired) electrons. The third kappa shape index (κ3) is 7.68. The Kier molecular flexibility index (Phi) is 8.96. The molecule has 0 fully saturated rings. The molecule has 0 spiro atoms. The average Bonchev–Trinajstić information content (AvgIpc) is 2.52. The van der Waals surface area contributed by atoms with Gasteiger partial charge in [0.05, 0.1) is 0 Å². The minimum absolute atomic E-state index is 0.0276. The molecule has 0 aromatic heterocycles. The fraction of sp³-hybridized carbons (Fsp3) is 0.619. The van der Waals surface area contributed by atoms with Gasteiger partial charge in [0.2, 0.25) is 0 Å². The molecule has 0 amide bonds. The summed E-state index contributed by atoms with van der Waals surface area (Å²) in [5.41, 5.74) is 1.25. The number of hydrogen-bond donors (Lipinski definition) is 0. The van der Waals surface area contributed by atoms with E-state index in [4.69, 9.17) is 4.74 Å². The Morgan fingerprint density at radius 2 is 1.64 bits per heavy atom. The van der Waals surface area contributed by atoms with Crippen molar-refractivity contribution < 1.29 is 4.74 Å². The number of aryl methyl sites for hydroxylation is 1. The molecule has 1 nitrogen and oxygen atoms in total. The fourth-order valence-electron chi connectivity index (χ4n) is 2.65. The van der Waals surface area contributed by atoms with Gasteiger partial charge in [0.1, 0.15) is 11.4 Å². The van der Waals surface area contributed by atoms with Crippen molar-refractivity contribution in [3.63, 3.8) is 0 Å². The number of unbranched alkanes of at least 4 members (excludes halogenated alkanes) is 5. The van der Waals surface area contributed by atoms with Crippen molar-refractivity contribution in [3.8, 4) is 5.75 Å². The lowest BCUT2D eigenvalue weighted by molar-refractivity contribution is 0.0718. The largest absolute Gasteiger partial charge is 0.488 e. The van der Waals surface area contributed by atoms with Gasteiger partial charge in [-0.1, -0.05) is 56.0 Å². The molecule has 0 heterocycles. The molecule has 0 N–H and O–H groups in total. The first kappa shape index (κ1) is 18.8. The first-order chi connectivity index (χ1) is 10.6. The zero-order valence-corrected chi connectivity index (χ0v) is 15.0. The summed E-state index contributed by atoms with van der Waals surface area (Å²) in [6, 6.07) is 8.42. The quantitative estimate of drug-likeness (QED) is 0.321. The number of hydrogen-bond acceptors (Lipinski definition) is 1. The van der Waals surface area contributed by atoms with Crippen LogP contribution >= 0.6 is 0 Å². The normalized spacial score (nSPS) is 14.2. The van der Waals surface area contributed by atoms with E-state index in [0.717, 1.165) is 18.6 Å². The summed E-state index contributed by atoms with van der Waals surface area (Å²) in [6.07, 6.45) is 14.5. The van der Waals surface area contributed by atoms with Gasteiger partial charge in [-0.2, -0.15) is 0 Å². The highest BCUT2D eigenvalue weighted by atomic mass is 16.5. The summed E-state index contributed by atoms with van der Waals surface area (Å²) in [4.78, 5) is 0. The summed E-state index contributed by atoms with van der Waals surface area (Å²) in [6.45, 7) is 8.68. The van der Waals surface area contributed by atoms with Crippen molar-refractivity contribution in [2.75, 3.05) is 0 Å². The van der Waals surface area contributed by atoms with E-state index in [2.05, 4.69) is 64.1 Å². The predicted molar refractivity (Wildman–Crippen MR) is 97.6 cm³/mol. The molecule has 1 aromatic carbocycles. The van der Waals surface area contributed by atoms with Crippen LogP contribution in [-0.2, 0) is 0 Å². The van der Waals surface area contributed by atoms with E-state index in [1.54, 1.807) is 0 Å². The highest BCUT2D eigenvalue weighted by Gasteiger charge is 2.23. The maximum atomic E-state index is 6.26. The monoisotopic (exact) mass is 302 g/mol. The van der Waals surface area contributed by atoms with E-state index in [1.165, 1.54) is 44.1 Å². The molecule has 0 aliphatic heterocycles. The second-order valence-corrected chi connectivity index (χ2v) is 6.59. The van der Waals surface area contributed by atoms with Crippen LogP contribution in [0.5, 0.6) is 5.75 Å². The third-order valence-electron chi connectivity index (χ3n) is 4.45. The van der Waals surface area contributed by atoms with Crippen molar-refractivity contribution in [3.05, 3.63) is 42.0 Å². The Hall–Kier alpha value is -1.24. The molecule has 0 saturated heterocycles. The van der Waals surface area contributed by atoms with Crippen LogP contribution in [0.2, 0.25) is 0 Å². The standard InChI is InChI=1S/C21H34O/c1-5-7-8-9-10-11-12-13-18-21(4,6-2)22-20-16-14-19(3)15-17-20/h5,7,14-17H,6,8-13,18H2,1-4H3. The molecular weight excluding hydrogens is 268 g/mol. The molecule has 1 unspecified atom stereocenters. The molecule has 0 aliphatic rings. The van der Waals surface area contributed by atoms with Gasteiger partial charge < -0.3 is 4.74 Å². The first-order valence-electron chi connectivity index (χ1n) is 8.96. The lowest BCUT2D eigenvalue weighted by Gasteiger charge is -2.30. The molecule has 0 saturated carbocycles. The third-order valence-corrected chi connectivity index (χ3v) is 4.45. The van der Waals surface area contributed by atoms with Gasteiger partial charge >= 0.3 is 0 Å². The number of ether oxygens (including phenoxy) is 1. The first-order valence-corrected chi connectivity index (χ1v) is 8.96. The van der Waals surface area contributed by atoms with E-state index < -0.39 is 0 Å². The maximum absolute atomic E-state index is 6.26. The molecule has 1 aromatic rings. The molecule has 124 valence electrons. The zero-order valence-electron chi connectivity index (χ0n) is 15.0. The van der Waals surface area contributed by atoms with Crippen LogP contribution in [0.4, 0.5) is 0 Å². The molecule has 1 rings (SSSR count). The molecule has 22 heavy (non-hydrogen) atoms. The minimum atomic E-state index is -0.0276. The Balaban J connectivity index is 2.26. The summed E-state index contributed by atoms with van der Waals surface area (Å²) < 4.78 is 6.26. The Morgan fingerprint density at radius 3 is 2.27 bits per heavy atom. The van der Waals surface area contributed by atoms with Crippen molar-refractivity contribution in [2.45, 2.75) is 84.7 Å². The van der Waals surface area contributed by atoms with Crippen molar-refractivity contribution in [2.24, 2.45) is 0 Å². The lowest BCUT2D eigenvalue weighted by Crippen LogP contribution is -2.31. The number of rotatable bonds is 11. The van der Waals surface area contributed by atoms with Crippen LogP contribution in [0.1, 0.15) is 77.7 Å². The van der Waals surface area contributed by atoms with Crippen molar-refractivity contribution >= 4 is 0 Å². The highest BCUT2D eigenvalue weighted by molar-refractivity contribution is 5.26. The van der Waals surface area contributed by atoms with Crippen molar-refractivity contribution in [1.82, 2.24) is 0 Å². The minimum Gasteiger partial charge on any atom is -0.488 e. The van der Waals surface area contributed by atoms with Gasteiger partial charge in [0, 0.05) is 0 Å². The Labute approximate surface area is 137 Å². The summed E-state index contributed by atoms with van der Waals surface area (Å²) in [7, 11) is 0. The van der Waals surface area contributed by atoms with E-state index >= 15 is 0 Å². The van der Waals surface area contributed by atoms with Crippen molar-refractivity contribution in [1.29, 1.82) is 0 Å². The van der Waals surface area contributed by atoms with Crippen LogP contribution in [0.25, 0.3) is 0 Å². The van der Waals surface area contributed by atoms with Crippen LogP contribution in [0.15, 0.2) is 36.4 Å². The zero-order chi connectivity index (χ0) is 16.3. The summed E-state index contributed by atoms with van der Waals surface area (Å²) in [5, 5.41) is 0. The Bertz CT molecular complexity index is 418. The van der Waals surface area contributed by atoms with Crippen LogP contribution < -0.4 is 4.74 Å². The molecule has 1 atom stereocenters. The number of allylic oxidation sites excluding steroid dienone is 2. The van der Waals surface area contributed by atoms with Gasteiger partial charge in [0.25, 0.3) is 0 Å². The van der Waals surface area contributed by atoms with Gasteiger partial charge in [-0.25, -0.2) is 0 Å². The van der Waals surface area contributed by atoms with Crippen LogP contribution in [-0.4, -0.2) is 5.60 Å². The topological polar surface area (TPSA) is 9.23 Å². The average molecular weight is 303 g/mol. The van der Waals surface area contributed by atoms with E-state index in [0.29, 0.717) is 0 Å². The highest BCUT2D eigenvalue weighted by Crippen LogP contribution is 2.27. The van der Waals surface area contributed by atoms with Gasteiger partial charge in [-0.3, -0.25) is 0 Å². The summed E-state index contributed by atoms with van der Waals surface area (Å²) in [5.74, 6) is 1.00. The van der Waals surface area contributed by atoms with Gasteiger partial charge in [0.15, 0.2) is 0 Å². The number of benzene rings is 1. The van der Waals surface area contributed by atoms with Gasteiger partial charge in [-0.15, -0.1) is 0 Å². The van der Waals surface area contributed by atoms with E-state index in [1.807, 2.05) is 0 Å². The second-order valence-electron chi connectivity index (χ2n) is 6.59. The van der Waals surface area contributed by atoms with E-state index in [9.17, 15) is 0 Å². The van der Waals surface area contributed by atoms with E-state index in [-0.39, 0.29) is 5.60 Å². The van der Waals surface area contributed by atoms with Crippen LogP contribution in [0, 0.1) is 6.92 Å². The van der Waals surface area contributed by atoms with Crippen LogP contribution in [0.3, 0.4) is 0 Å². The molecule has 1 heteroatoms. The smallest absolute Gasteiger partial charge is 0.120 e. The fourth-order valence-corrected chi connectivity index (χ4v) is 2.65. The van der Waals surface area contributed by atoms with Gasteiger partial charge in [-0.05, 0) is 65.0 Å².